The zero-order chi connectivity index (χ0) is 23.8. The van der Waals surface area contributed by atoms with Crippen LogP contribution in [0.4, 0.5) is 5.69 Å². The normalized spacial score (nSPS) is 9.97. The van der Waals surface area contributed by atoms with Gasteiger partial charge in [0.25, 0.3) is 5.91 Å². The van der Waals surface area contributed by atoms with Crippen molar-refractivity contribution >= 4 is 23.5 Å². The number of nitriles is 1. The lowest BCUT2D eigenvalue weighted by Crippen LogP contribution is -2.21. The van der Waals surface area contributed by atoms with Crippen LogP contribution < -0.4 is 10.1 Å². The molecule has 33 heavy (non-hydrogen) atoms. The molecule has 0 aliphatic heterocycles. The lowest BCUT2D eigenvalue weighted by atomic mass is 10.0. The van der Waals surface area contributed by atoms with E-state index in [1.165, 1.54) is 32.4 Å². The highest BCUT2D eigenvalue weighted by Gasteiger charge is 2.15. The number of nitrogens with zero attached hydrogens (tertiary/aromatic N) is 1. The molecule has 0 aromatic heterocycles. The summed E-state index contributed by atoms with van der Waals surface area (Å²) in [6.45, 7) is -0.285. The standard InChI is InChI=1S/C25H20N2O6/c1-31-24(29)19-11-20(25(30)32-2)13-21(12-19)27-23(28)15-33-22-9-7-18(8-10-22)17-5-3-16(14-26)4-6-17/h3-13H,15H2,1-2H3,(H,27,28). The lowest BCUT2D eigenvalue weighted by molar-refractivity contribution is -0.118. The third kappa shape index (κ3) is 5.95. The number of carbonyl (C=O) groups excluding carboxylic acids is 3. The largest absolute Gasteiger partial charge is 0.484 e. The van der Waals surface area contributed by atoms with E-state index in [0.29, 0.717) is 11.3 Å². The Hall–Kier alpha value is -4.64. The van der Waals surface area contributed by atoms with Crippen LogP contribution in [0.3, 0.4) is 0 Å². The first kappa shape index (κ1) is 23.0. The van der Waals surface area contributed by atoms with Crippen molar-refractivity contribution in [3.63, 3.8) is 0 Å². The van der Waals surface area contributed by atoms with Gasteiger partial charge in [-0.05, 0) is 53.6 Å². The molecule has 166 valence electrons. The van der Waals surface area contributed by atoms with E-state index >= 15 is 0 Å². The molecule has 0 saturated heterocycles. The summed E-state index contributed by atoms with van der Waals surface area (Å²) < 4.78 is 14.9. The molecular formula is C25H20N2O6. The van der Waals surface area contributed by atoms with Gasteiger partial charge in [0.05, 0.1) is 37.0 Å². The van der Waals surface area contributed by atoms with E-state index in [0.717, 1.165) is 11.1 Å². The zero-order valence-electron chi connectivity index (χ0n) is 18.0. The van der Waals surface area contributed by atoms with E-state index in [1.54, 1.807) is 24.3 Å². The summed E-state index contributed by atoms with van der Waals surface area (Å²) in [6.07, 6.45) is 0. The van der Waals surface area contributed by atoms with Crippen molar-refractivity contribution in [3.8, 4) is 22.9 Å². The molecule has 0 aliphatic carbocycles. The van der Waals surface area contributed by atoms with Gasteiger partial charge in [0.1, 0.15) is 5.75 Å². The second-order valence-electron chi connectivity index (χ2n) is 6.83. The van der Waals surface area contributed by atoms with Gasteiger partial charge in [0, 0.05) is 5.69 Å². The average molecular weight is 444 g/mol. The smallest absolute Gasteiger partial charge is 0.337 e. The molecule has 0 radical (unpaired) electrons. The third-order valence-corrected chi connectivity index (χ3v) is 4.63. The van der Waals surface area contributed by atoms with Crippen molar-refractivity contribution in [2.75, 3.05) is 26.1 Å². The highest BCUT2D eigenvalue weighted by molar-refractivity contribution is 5.99. The SMILES string of the molecule is COC(=O)c1cc(NC(=O)COc2ccc(-c3ccc(C#N)cc3)cc2)cc(C(=O)OC)c1. The molecule has 0 bridgehead atoms. The van der Waals surface area contributed by atoms with Crippen molar-refractivity contribution < 1.29 is 28.6 Å². The van der Waals surface area contributed by atoms with Gasteiger partial charge >= 0.3 is 11.9 Å². The number of hydrogen-bond donors (Lipinski definition) is 1. The van der Waals surface area contributed by atoms with Crippen LogP contribution in [0.2, 0.25) is 0 Å². The zero-order valence-corrected chi connectivity index (χ0v) is 18.0. The molecule has 3 aromatic carbocycles. The topological polar surface area (TPSA) is 115 Å². The molecule has 0 atom stereocenters. The van der Waals surface area contributed by atoms with Crippen LogP contribution in [-0.4, -0.2) is 38.7 Å². The maximum atomic E-state index is 12.3. The van der Waals surface area contributed by atoms with E-state index < -0.39 is 17.8 Å². The van der Waals surface area contributed by atoms with E-state index in [1.807, 2.05) is 24.3 Å². The maximum absolute atomic E-state index is 12.3. The van der Waals surface area contributed by atoms with E-state index in [4.69, 9.17) is 10.00 Å². The Morgan fingerprint density at radius 1 is 0.818 bits per heavy atom. The fourth-order valence-electron chi connectivity index (χ4n) is 3.00. The number of hydrogen-bond acceptors (Lipinski definition) is 7. The van der Waals surface area contributed by atoms with Gasteiger partial charge in [-0.1, -0.05) is 24.3 Å². The van der Waals surface area contributed by atoms with Crippen molar-refractivity contribution in [1.82, 2.24) is 0 Å². The first-order chi connectivity index (χ1) is 15.9. The first-order valence-electron chi connectivity index (χ1n) is 9.78. The average Bonchev–Trinajstić information content (AvgIpc) is 2.86. The Kier molecular flexibility index (Phi) is 7.39. The first-order valence-corrected chi connectivity index (χ1v) is 9.78. The molecule has 0 fully saturated rings. The van der Waals surface area contributed by atoms with Crippen LogP contribution >= 0.6 is 0 Å². The Morgan fingerprint density at radius 3 is 1.82 bits per heavy atom. The summed E-state index contributed by atoms with van der Waals surface area (Å²) in [4.78, 5) is 36.1. The van der Waals surface area contributed by atoms with Gasteiger partial charge in [-0.3, -0.25) is 4.79 Å². The quantitative estimate of drug-likeness (QED) is 0.551. The Balaban J connectivity index is 1.64. The number of methoxy groups -OCH3 is 2. The van der Waals surface area contributed by atoms with E-state index in [9.17, 15) is 14.4 Å². The Bertz CT molecular complexity index is 1180. The molecule has 1 amide bonds. The van der Waals surface area contributed by atoms with Gasteiger partial charge < -0.3 is 19.5 Å². The highest BCUT2D eigenvalue weighted by atomic mass is 16.5. The number of benzene rings is 3. The summed E-state index contributed by atoms with van der Waals surface area (Å²) in [5, 5.41) is 11.5. The summed E-state index contributed by atoms with van der Waals surface area (Å²) in [7, 11) is 2.43. The predicted octanol–water partition coefficient (Wildman–Crippen LogP) is 3.82. The summed E-state index contributed by atoms with van der Waals surface area (Å²) in [5.41, 5.74) is 2.88. The highest BCUT2D eigenvalue weighted by Crippen LogP contribution is 2.23. The fourth-order valence-corrected chi connectivity index (χ4v) is 3.00. The minimum atomic E-state index is -0.658. The lowest BCUT2D eigenvalue weighted by Gasteiger charge is -2.11. The molecule has 0 aliphatic rings. The van der Waals surface area contributed by atoms with Gasteiger partial charge in [-0.15, -0.1) is 0 Å². The number of carbonyl (C=O) groups is 3. The fraction of sp³-hybridized carbons (Fsp3) is 0.120. The van der Waals surface area contributed by atoms with E-state index in [-0.39, 0.29) is 23.4 Å². The van der Waals surface area contributed by atoms with Crippen LogP contribution in [0.15, 0.2) is 66.7 Å². The van der Waals surface area contributed by atoms with Crippen molar-refractivity contribution in [2.24, 2.45) is 0 Å². The van der Waals surface area contributed by atoms with Gasteiger partial charge in [-0.2, -0.15) is 5.26 Å². The number of rotatable bonds is 7. The van der Waals surface area contributed by atoms with Crippen LogP contribution in [-0.2, 0) is 14.3 Å². The van der Waals surface area contributed by atoms with Crippen LogP contribution in [0.1, 0.15) is 26.3 Å². The minimum Gasteiger partial charge on any atom is -0.484 e. The molecule has 3 aromatic rings. The number of anilines is 1. The Morgan fingerprint density at radius 2 is 1.33 bits per heavy atom. The van der Waals surface area contributed by atoms with Crippen LogP contribution in [0, 0.1) is 11.3 Å². The summed E-state index contributed by atoms with van der Waals surface area (Å²) in [5.74, 6) is -1.31. The monoisotopic (exact) mass is 444 g/mol. The van der Waals surface area contributed by atoms with E-state index in [2.05, 4.69) is 20.9 Å². The number of esters is 2. The molecule has 0 heterocycles. The van der Waals surface area contributed by atoms with Gasteiger partial charge in [-0.25, -0.2) is 9.59 Å². The molecule has 0 saturated carbocycles. The molecule has 8 nitrogen and oxygen atoms in total. The maximum Gasteiger partial charge on any atom is 0.337 e. The molecule has 8 heteroatoms. The molecular weight excluding hydrogens is 424 g/mol. The Labute approximate surface area is 190 Å². The predicted molar refractivity (Wildman–Crippen MR) is 120 cm³/mol. The molecule has 1 N–H and O–H groups in total. The molecule has 0 unspecified atom stereocenters. The minimum absolute atomic E-state index is 0.0926. The molecule has 3 rings (SSSR count). The second kappa shape index (κ2) is 10.6. The van der Waals surface area contributed by atoms with Crippen LogP contribution in [0.5, 0.6) is 5.75 Å². The van der Waals surface area contributed by atoms with Crippen LogP contribution in [0.25, 0.3) is 11.1 Å². The van der Waals surface area contributed by atoms with Crippen molar-refractivity contribution in [1.29, 1.82) is 5.26 Å². The number of amides is 1. The van der Waals surface area contributed by atoms with Gasteiger partial charge in [0.15, 0.2) is 6.61 Å². The number of ether oxygens (including phenoxy) is 3. The van der Waals surface area contributed by atoms with Gasteiger partial charge in [0.2, 0.25) is 0 Å². The summed E-state index contributed by atoms with van der Waals surface area (Å²) in [6, 6.07) is 20.5. The van der Waals surface area contributed by atoms with Crippen molar-refractivity contribution in [2.45, 2.75) is 0 Å². The summed E-state index contributed by atoms with van der Waals surface area (Å²) >= 11 is 0. The van der Waals surface area contributed by atoms with Crippen molar-refractivity contribution in [3.05, 3.63) is 83.4 Å². The third-order valence-electron chi connectivity index (χ3n) is 4.63. The molecule has 0 spiro atoms. The second-order valence-corrected chi connectivity index (χ2v) is 6.83. The number of nitrogens with one attached hydrogen (secondary N) is 1.